The van der Waals surface area contributed by atoms with Gasteiger partial charge in [0.25, 0.3) is 0 Å². The van der Waals surface area contributed by atoms with Crippen LogP contribution in [0.5, 0.6) is 5.75 Å². The van der Waals surface area contributed by atoms with Gasteiger partial charge in [0.1, 0.15) is 16.9 Å². The first-order valence-corrected chi connectivity index (χ1v) is 17.2. The van der Waals surface area contributed by atoms with Crippen LogP contribution in [-0.2, 0) is 0 Å². The molecule has 244 valence electrons. The summed E-state index contributed by atoms with van der Waals surface area (Å²) in [5.74, 6) is 1.66. The molecule has 0 fully saturated rings. The molecule has 10 aromatic rings. The van der Waals surface area contributed by atoms with Crippen molar-refractivity contribution in [3.63, 3.8) is 0 Å². The Morgan fingerprint density at radius 3 is 1.81 bits per heavy atom. The number of rotatable bonds is 5. The lowest BCUT2D eigenvalue weighted by atomic mass is 9.92. The molecule has 0 unspecified atom stereocenters. The van der Waals surface area contributed by atoms with Crippen LogP contribution in [0.25, 0.3) is 99.9 Å². The molecule has 5 heteroatoms. The molecule has 5 nitrogen and oxygen atoms in total. The number of nitrogens with zero attached hydrogens (tertiary/aromatic N) is 3. The number of fused-ring (bicyclic) bond motifs is 6. The molecule has 0 aliphatic rings. The van der Waals surface area contributed by atoms with Crippen molar-refractivity contribution in [1.29, 1.82) is 0 Å². The minimum absolute atomic E-state index is 0.118. The number of furan rings is 1. The van der Waals surface area contributed by atoms with Gasteiger partial charge in [0.15, 0.2) is 17.5 Å². The molecule has 0 aliphatic carbocycles. The van der Waals surface area contributed by atoms with E-state index in [1.165, 1.54) is 10.8 Å². The van der Waals surface area contributed by atoms with Crippen molar-refractivity contribution >= 4 is 43.5 Å². The van der Waals surface area contributed by atoms with E-state index in [0.29, 0.717) is 28.6 Å². The van der Waals surface area contributed by atoms with Gasteiger partial charge >= 0.3 is 0 Å². The first kappa shape index (κ1) is 29.8. The molecule has 1 N–H and O–H groups in total. The van der Waals surface area contributed by atoms with E-state index in [1.54, 1.807) is 0 Å². The summed E-state index contributed by atoms with van der Waals surface area (Å²) in [7, 11) is 0. The maximum atomic E-state index is 11.9. The van der Waals surface area contributed by atoms with E-state index in [9.17, 15) is 5.11 Å². The molecule has 0 aliphatic heterocycles. The zero-order chi connectivity index (χ0) is 34.6. The topological polar surface area (TPSA) is 72.0 Å². The number of aromatic nitrogens is 3. The van der Waals surface area contributed by atoms with Gasteiger partial charge in [0, 0.05) is 38.6 Å². The Balaban J connectivity index is 1.25. The zero-order valence-corrected chi connectivity index (χ0v) is 27.9. The first-order valence-electron chi connectivity index (χ1n) is 17.2. The fourth-order valence-electron chi connectivity index (χ4n) is 7.32. The summed E-state index contributed by atoms with van der Waals surface area (Å²) in [5, 5.41) is 18.6. The predicted octanol–water partition coefficient (Wildman–Crippen LogP) is 12.1. The molecular weight excluding hydrogens is 639 g/mol. The van der Waals surface area contributed by atoms with Gasteiger partial charge in [-0.25, -0.2) is 15.0 Å². The van der Waals surface area contributed by atoms with E-state index in [4.69, 9.17) is 19.4 Å². The van der Waals surface area contributed by atoms with Gasteiger partial charge in [0.2, 0.25) is 0 Å². The minimum Gasteiger partial charge on any atom is -0.507 e. The number of phenolic OH excluding ortho intramolecular Hbond substituents is 1. The lowest BCUT2D eigenvalue weighted by Gasteiger charge is -2.16. The van der Waals surface area contributed by atoms with Gasteiger partial charge < -0.3 is 9.52 Å². The SMILES string of the molecule is Oc1cc(-c2cccc3c2oc2ccccc23)cc(-c2nc(-c3ccccc3)nc(-c3ccc4ccc5ccccc5c4c3)n2)c1-c1ccccc1. The van der Waals surface area contributed by atoms with Crippen molar-refractivity contribution < 1.29 is 9.52 Å². The van der Waals surface area contributed by atoms with Crippen LogP contribution in [0, 0.1) is 0 Å². The van der Waals surface area contributed by atoms with E-state index in [2.05, 4.69) is 72.8 Å². The standard InChI is InChI=1S/C47H29N3O2/c51-41-28-34(36-19-11-20-38-37-18-9-10-21-42(37)52-44(36)38)27-40(43(41)31-13-3-1-4-14-31)47-49-45(32-15-5-2-6-16-32)48-46(50-47)33-25-24-30-23-22-29-12-7-8-17-35(29)39(30)26-33/h1-28,51H. The van der Waals surface area contributed by atoms with E-state index in [-0.39, 0.29) is 5.75 Å². The van der Waals surface area contributed by atoms with Crippen molar-refractivity contribution in [3.8, 4) is 62.2 Å². The van der Waals surface area contributed by atoms with Gasteiger partial charge in [-0.15, -0.1) is 0 Å². The molecule has 0 amide bonds. The van der Waals surface area contributed by atoms with Crippen LogP contribution >= 0.6 is 0 Å². The quantitative estimate of drug-likeness (QED) is 0.185. The van der Waals surface area contributed by atoms with E-state index in [0.717, 1.165) is 60.5 Å². The maximum absolute atomic E-state index is 11.9. The average Bonchev–Trinajstić information content (AvgIpc) is 3.60. The van der Waals surface area contributed by atoms with E-state index < -0.39 is 0 Å². The summed E-state index contributed by atoms with van der Waals surface area (Å²) in [6.45, 7) is 0. The Bertz CT molecular complexity index is 2970. The molecule has 0 bridgehead atoms. The smallest absolute Gasteiger partial charge is 0.164 e. The third kappa shape index (κ3) is 4.98. The maximum Gasteiger partial charge on any atom is 0.164 e. The van der Waals surface area contributed by atoms with Crippen molar-refractivity contribution in [3.05, 3.63) is 170 Å². The van der Waals surface area contributed by atoms with Crippen LogP contribution in [0.2, 0.25) is 0 Å². The van der Waals surface area contributed by atoms with Gasteiger partial charge in [0.05, 0.1) is 0 Å². The number of phenols is 1. The number of hydrogen-bond acceptors (Lipinski definition) is 5. The van der Waals surface area contributed by atoms with Crippen LogP contribution in [0.3, 0.4) is 0 Å². The molecule has 2 aromatic heterocycles. The Labute approximate surface area is 299 Å². The molecule has 0 atom stereocenters. The summed E-state index contributed by atoms with van der Waals surface area (Å²) < 4.78 is 6.43. The van der Waals surface area contributed by atoms with Gasteiger partial charge in [-0.1, -0.05) is 146 Å². The highest BCUT2D eigenvalue weighted by atomic mass is 16.3. The van der Waals surface area contributed by atoms with E-state index in [1.807, 2.05) is 97.1 Å². The molecule has 2 heterocycles. The summed E-state index contributed by atoms with van der Waals surface area (Å²) in [6.07, 6.45) is 0. The molecule has 0 saturated carbocycles. The second-order valence-electron chi connectivity index (χ2n) is 13.0. The zero-order valence-electron chi connectivity index (χ0n) is 27.9. The highest BCUT2D eigenvalue weighted by Crippen LogP contribution is 2.44. The Kier molecular flexibility index (Phi) is 6.89. The molecule has 8 aromatic carbocycles. The largest absolute Gasteiger partial charge is 0.507 e. The van der Waals surface area contributed by atoms with Crippen LogP contribution in [0.4, 0.5) is 0 Å². The fourth-order valence-corrected chi connectivity index (χ4v) is 7.32. The van der Waals surface area contributed by atoms with Crippen LogP contribution in [0.15, 0.2) is 174 Å². The number of aromatic hydroxyl groups is 1. The monoisotopic (exact) mass is 667 g/mol. The van der Waals surface area contributed by atoms with Crippen molar-refractivity contribution in [2.45, 2.75) is 0 Å². The summed E-state index contributed by atoms with van der Waals surface area (Å²) >= 11 is 0. The molecule has 0 saturated heterocycles. The molecule has 10 rings (SSSR count). The Morgan fingerprint density at radius 1 is 0.385 bits per heavy atom. The van der Waals surface area contributed by atoms with Gasteiger partial charge in [-0.3, -0.25) is 0 Å². The second-order valence-corrected chi connectivity index (χ2v) is 13.0. The predicted molar refractivity (Wildman–Crippen MR) is 211 cm³/mol. The minimum atomic E-state index is 0.118. The van der Waals surface area contributed by atoms with Crippen LogP contribution in [-0.4, -0.2) is 20.1 Å². The Morgan fingerprint density at radius 2 is 1.00 bits per heavy atom. The van der Waals surface area contributed by atoms with Gasteiger partial charge in [-0.2, -0.15) is 0 Å². The normalized spacial score (nSPS) is 11.5. The molecule has 0 radical (unpaired) electrons. The molecular formula is C47H29N3O2. The average molecular weight is 668 g/mol. The fraction of sp³-hybridized carbons (Fsp3) is 0. The number of benzene rings is 8. The lowest BCUT2D eigenvalue weighted by molar-refractivity contribution is 0.477. The van der Waals surface area contributed by atoms with Crippen molar-refractivity contribution in [2.75, 3.05) is 0 Å². The second kappa shape index (κ2) is 12.0. The highest BCUT2D eigenvalue weighted by Gasteiger charge is 2.22. The summed E-state index contributed by atoms with van der Waals surface area (Å²) in [4.78, 5) is 15.4. The van der Waals surface area contributed by atoms with E-state index >= 15 is 0 Å². The van der Waals surface area contributed by atoms with Crippen molar-refractivity contribution in [2.24, 2.45) is 0 Å². The lowest BCUT2D eigenvalue weighted by Crippen LogP contribution is -2.01. The molecule has 52 heavy (non-hydrogen) atoms. The summed E-state index contributed by atoms with van der Waals surface area (Å²) in [6, 6.07) is 57.0. The Hall–Kier alpha value is -7.11. The van der Waals surface area contributed by atoms with Crippen LogP contribution in [0.1, 0.15) is 0 Å². The number of para-hydroxylation sites is 2. The first-order chi connectivity index (χ1) is 25.7. The third-order valence-electron chi connectivity index (χ3n) is 9.81. The third-order valence-corrected chi connectivity index (χ3v) is 9.81. The van der Waals surface area contributed by atoms with Gasteiger partial charge in [-0.05, 0) is 56.9 Å². The van der Waals surface area contributed by atoms with Crippen molar-refractivity contribution in [1.82, 2.24) is 15.0 Å². The molecule has 0 spiro atoms. The highest BCUT2D eigenvalue weighted by molar-refractivity contribution is 6.10. The van der Waals surface area contributed by atoms with Crippen LogP contribution < -0.4 is 0 Å². The number of hydrogen-bond donors (Lipinski definition) is 1. The summed E-state index contributed by atoms with van der Waals surface area (Å²) in [5.41, 5.74) is 7.14.